The van der Waals surface area contributed by atoms with Crippen molar-refractivity contribution < 1.29 is 4.79 Å². The zero-order valence-corrected chi connectivity index (χ0v) is 15.8. The van der Waals surface area contributed by atoms with E-state index in [4.69, 9.17) is 5.10 Å². The number of benzene rings is 1. The van der Waals surface area contributed by atoms with Crippen molar-refractivity contribution in [1.29, 1.82) is 0 Å². The molecule has 2 heterocycles. The highest BCUT2D eigenvalue weighted by molar-refractivity contribution is 5.91. The topological polar surface area (TPSA) is 59.8 Å². The monoisotopic (exact) mass is 372 g/mol. The minimum atomic E-state index is -0.126. The third kappa shape index (κ3) is 4.36. The zero-order chi connectivity index (χ0) is 19.2. The lowest BCUT2D eigenvalue weighted by Gasteiger charge is -2.13. The van der Waals surface area contributed by atoms with Crippen molar-refractivity contribution in [3.05, 3.63) is 78.1 Å². The normalized spacial score (nSPS) is 14.6. The van der Waals surface area contributed by atoms with Crippen molar-refractivity contribution in [2.45, 2.75) is 38.3 Å². The first kappa shape index (κ1) is 18.2. The van der Waals surface area contributed by atoms with Gasteiger partial charge >= 0.3 is 0 Å². The van der Waals surface area contributed by atoms with Crippen molar-refractivity contribution >= 4 is 12.0 Å². The molecule has 1 N–H and O–H groups in total. The highest BCUT2D eigenvalue weighted by atomic mass is 16.1. The molecule has 5 heteroatoms. The molecule has 1 amide bonds. The van der Waals surface area contributed by atoms with Crippen molar-refractivity contribution in [2.75, 3.05) is 0 Å². The summed E-state index contributed by atoms with van der Waals surface area (Å²) in [6.45, 7) is 0.400. The third-order valence-corrected chi connectivity index (χ3v) is 5.05. The summed E-state index contributed by atoms with van der Waals surface area (Å²) in [5.74, 6) is -0.126. The summed E-state index contributed by atoms with van der Waals surface area (Å²) in [6, 6.07) is 18.2. The highest BCUT2D eigenvalue weighted by Crippen LogP contribution is 2.33. The Labute approximate surface area is 165 Å². The van der Waals surface area contributed by atoms with Crippen LogP contribution in [0.4, 0.5) is 0 Å². The number of pyridine rings is 1. The van der Waals surface area contributed by atoms with E-state index in [1.165, 1.54) is 12.8 Å². The van der Waals surface area contributed by atoms with Crippen LogP contribution in [0.25, 0.3) is 17.5 Å². The summed E-state index contributed by atoms with van der Waals surface area (Å²) in [6.07, 6.45) is 9.94. The molecule has 0 saturated heterocycles. The van der Waals surface area contributed by atoms with Crippen LogP contribution in [0.2, 0.25) is 0 Å². The van der Waals surface area contributed by atoms with Crippen LogP contribution in [-0.4, -0.2) is 20.7 Å². The summed E-state index contributed by atoms with van der Waals surface area (Å²) in [7, 11) is 0. The summed E-state index contributed by atoms with van der Waals surface area (Å²) >= 11 is 0. The molecule has 1 aliphatic rings. The number of rotatable bonds is 6. The lowest BCUT2D eigenvalue weighted by atomic mass is 10.2. The summed E-state index contributed by atoms with van der Waals surface area (Å²) in [5, 5.41) is 7.73. The molecule has 0 spiro atoms. The number of nitrogens with one attached hydrogen (secondary N) is 1. The Morgan fingerprint density at radius 1 is 1.11 bits per heavy atom. The second-order valence-corrected chi connectivity index (χ2v) is 7.08. The molecule has 1 aromatic carbocycles. The molecule has 0 bridgehead atoms. The Balaban J connectivity index is 1.47. The van der Waals surface area contributed by atoms with Crippen LogP contribution in [0, 0.1) is 0 Å². The first-order valence-corrected chi connectivity index (χ1v) is 9.80. The maximum absolute atomic E-state index is 12.2. The average Bonchev–Trinajstić information content (AvgIpc) is 3.42. The van der Waals surface area contributed by atoms with Gasteiger partial charge in [-0.2, -0.15) is 5.10 Å². The van der Waals surface area contributed by atoms with E-state index in [1.807, 2.05) is 60.7 Å². The van der Waals surface area contributed by atoms with Gasteiger partial charge in [-0.1, -0.05) is 49.2 Å². The maximum Gasteiger partial charge on any atom is 0.244 e. The van der Waals surface area contributed by atoms with E-state index < -0.39 is 0 Å². The summed E-state index contributed by atoms with van der Waals surface area (Å²) < 4.78 is 2.11. The molecule has 1 aliphatic carbocycles. The van der Waals surface area contributed by atoms with E-state index in [0.29, 0.717) is 12.6 Å². The molecular weight excluding hydrogens is 348 g/mol. The Hall–Kier alpha value is -3.21. The Morgan fingerprint density at radius 2 is 1.89 bits per heavy atom. The molecule has 4 rings (SSSR count). The fourth-order valence-corrected chi connectivity index (χ4v) is 3.64. The van der Waals surface area contributed by atoms with Crippen LogP contribution in [0.5, 0.6) is 0 Å². The van der Waals surface area contributed by atoms with Gasteiger partial charge < -0.3 is 5.32 Å². The number of carbonyl (C=O) groups excluding carboxylic acids is 1. The van der Waals surface area contributed by atoms with Gasteiger partial charge in [0.25, 0.3) is 0 Å². The van der Waals surface area contributed by atoms with Gasteiger partial charge in [0.15, 0.2) is 0 Å². The zero-order valence-electron chi connectivity index (χ0n) is 15.8. The van der Waals surface area contributed by atoms with Crippen molar-refractivity contribution in [2.24, 2.45) is 0 Å². The Kier molecular flexibility index (Phi) is 5.61. The number of carbonyl (C=O) groups is 1. The van der Waals surface area contributed by atoms with Crippen LogP contribution in [0.3, 0.4) is 0 Å². The van der Waals surface area contributed by atoms with Crippen LogP contribution in [0.15, 0.2) is 66.9 Å². The molecule has 0 unspecified atom stereocenters. The first-order valence-electron chi connectivity index (χ1n) is 9.80. The lowest BCUT2D eigenvalue weighted by molar-refractivity contribution is -0.116. The Bertz CT molecular complexity index is 941. The SMILES string of the molecule is O=C(C=Cc1ccccc1)NCc1cc(-c2ccccn2)n(C2CCCC2)n1. The molecule has 0 radical (unpaired) electrons. The van der Waals surface area contributed by atoms with E-state index >= 15 is 0 Å². The lowest BCUT2D eigenvalue weighted by Crippen LogP contribution is -2.20. The second-order valence-electron chi connectivity index (χ2n) is 7.08. The molecule has 28 heavy (non-hydrogen) atoms. The fraction of sp³-hybridized carbons (Fsp3) is 0.261. The van der Waals surface area contributed by atoms with E-state index in [1.54, 1.807) is 12.3 Å². The smallest absolute Gasteiger partial charge is 0.244 e. The largest absolute Gasteiger partial charge is 0.347 e. The predicted octanol–water partition coefficient (Wildman–Crippen LogP) is 4.39. The van der Waals surface area contributed by atoms with Gasteiger partial charge in [0.05, 0.1) is 29.7 Å². The van der Waals surface area contributed by atoms with Crippen LogP contribution in [0.1, 0.15) is 43.0 Å². The molecule has 142 valence electrons. The van der Waals surface area contributed by atoms with Gasteiger partial charge in [-0.3, -0.25) is 14.5 Å². The summed E-state index contributed by atoms with van der Waals surface area (Å²) in [5.41, 5.74) is 3.80. The summed E-state index contributed by atoms with van der Waals surface area (Å²) in [4.78, 5) is 16.7. The van der Waals surface area contributed by atoms with Crippen LogP contribution >= 0.6 is 0 Å². The van der Waals surface area contributed by atoms with Crippen LogP contribution in [-0.2, 0) is 11.3 Å². The maximum atomic E-state index is 12.2. The average molecular weight is 372 g/mol. The number of hydrogen-bond donors (Lipinski definition) is 1. The molecule has 1 fully saturated rings. The van der Waals surface area contributed by atoms with Crippen LogP contribution < -0.4 is 5.32 Å². The minimum Gasteiger partial charge on any atom is -0.347 e. The van der Waals surface area contributed by atoms with Crippen molar-refractivity contribution in [3.8, 4) is 11.4 Å². The number of aromatic nitrogens is 3. The van der Waals surface area contributed by atoms with Gasteiger partial charge in [-0.15, -0.1) is 0 Å². The third-order valence-electron chi connectivity index (χ3n) is 5.05. The fourth-order valence-electron chi connectivity index (χ4n) is 3.64. The second kappa shape index (κ2) is 8.65. The molecular formula is C23H24N4O. The molecule has 1 saturated carbocycles. The predicted molar refractivity (Wildman–Crippen MR) is 110 cm³/mol. The minimum absolute atomic E-state index is 0.126. The van der Waals surface area contributed by atoms with Gasteiger partial charge in [-0.25, -0.2) is 0 Å². The van der Waals surface area contributed by atoms with E-state index in [-0.39, 0.29) is 5.91 Å². The number of nitrogens with zero attached hydrogens (tertiary/aromatic N) is 3. The quantitative estimate of drug-likeness (QED) is 0.653. The molecule has 3 aromatic rings. The number of amides is 1. The molecule has 5 nitrogen and oxygen atoms in total. The van der Waals surface area contributed by atoms with Gasteiger partial charge in [0.2, 0.25) is 5.91 Å². The Morgan fingerprint density at radius 3 is 2.64 bits per heavy atom. The molecule has 0 aliphatic heterocycles. The molecule has 0 atom stereocenters. The first-order chi connectivity index (χ1) is 13.8. The molecule has 2 aromatic heterocycles. The van der Waals surface area contributed by atoms with Gasteiger partial charge in [-0.05, 0) is 42.7 Å². The van der Waals surface area contributed by atoms with Crippen molar-refractivity contribution in [1.82, 2.24) is 20.1 Å². The van der Waals surface area contributed by atoms with E-state index in [0.717, 1.165) is 35.5 Å². The van der Waals surface area contributed by atoms with E-state index in [2.05, 4.69) is 15.0 Å². The van der Waals surface area contributed by atoms with E-state index in [9.17, 15) is 4.79 Å². The standard InChI is InChI=1S/C23H24N4O/c28-23(14-13-18-8-2-1-3-9-18)25-17-19-16-22(21-12-6-7-15-24-21)27(26-19)20-10-4-5-11-20/h1-3,6-9,12-16,20H,4-5,10-11,17H2,(H,25,28). The van der Waals surface area contributed by atoms with Gasteiger partial charge in [0, 0.05) is 12.3 Å². The van der Waals surface area contributed by atoms with Gasteiger partial charge in [0.1, 0.15) is 0 Å². The highest BCUT2D eigenvalue weighted by Gasteiger charge is 2.22. The number of hydrogen-bond acceptors (Lipinski definition) is 3. The van der Waals surface area contributed by atoms with Crippen molar-refractivity contribution in [3.63, 3.8) is 0 Å².